The second-order valence-corrected chi connectivity index (χ2v) is 8.37. The topological polar surface area (TPSA) is 80.3 Å². The van der Waals surface area contributed by atoms with Crippen LogP contribution in [0.4, 0.5) is 0 Å². The van der Waals surface area contributed by atoms with E-state index in [1.165, 1.54) is 17.3 Å². The summed E-state index contributed by atoms with van der Waals surface area (Å²) in [4.78, 5) is 14.1. The molecule has 7 heteroatoms. The Morgan fingerprint density at radius 3 is 2.57 bits per heavy atom. The molecule has 2 N–H and O–H groups in total. The largest absolute Gasteiger partial charge is 0.484 e. The van der Waals surface area contributed by atoms with Crippen LogP contribution in [0.2, 0.25) is 0 Å². The van der Waals surface area contributed by atoms with Gasteiger partial charge in [0.2, 0.25) is 0 Å². The molecule has 6 nitrogen and oxygen atoms in total. The highest BCUT2D eigenvalue weighted by molar-refractivity contribution is 8.13. The van der Waals surface area contributed by atoms with Gasteiger partial charge < -0.3 is 15.4 Å². The van der Waals surface area contributed by atoms with Crippen molar-refractivity contribution >= 4 is 29.1 Å². The molecular formula is C23H28N4O2S. The monoisotopic (exact) mass is 424 g/mol. The van der Waals surface area contributed by atoms with Crippen molar-refractivity contribution in [2.24, 2.45) is 21.9 Å². The molecule has 1 saturated heterocycles. The van der Waals surface area contributed by atoms with Crippen molar-refractivity contribution in [2.75, 3.05) is 19.7 Å². The van der Waals surface area contributed by atoms with Crippen LogP contribution in [-0.4, -0.2) is 41.9 Å². The van der Waals surface area contributed by atoms with Gasteiger partial charge in [0.1, 0.15) is 5.75 Å². The Labute approximate surface area is 182 Å². The molecule has 0 aliphatic carbocycles. The molecule has 2 aromatic rings. The van der Waals surface area contributed by atoms with Crippen LogP contribution in [0.15, 0.2) is 64.8 Å². The van der Waals surface area contributed by atoms with Gasteiger partial charge in [-0.15, -0.1) is 5.10 Å². The molecule has 1 heterocycles. The molecule has 0 unspecified atom stereocenters. The first-order valence-corrected chi connectivity index (χ1v) is 11.1. The summed E-state index contributed by atoms with van der Waals surface area (Å²) in [5.41, 5.74) is 7.96. The Kier molecular flexibility index (Phi) is 8.32. The lowest BCUT2D eigenvalue weighted by molar-refractivity contribution is -0.134. The second kappa shape index (κ2) is 11.4. The maximum atomic E-state index is 12.2. The van der Waals surface area contributed by atoms with Crippen molar-refractivity contribution in [3.05, 3.63) is 65.7 Å². The summed E-state index contributed by atoms with van der Waals surface area (Å²) in [6, 6.07) is 17.5. The summed E-state index contributed by atoms with van der Waals surface area (Å²) < 4.78 is 5.63. The Hall–Kier alpha value is -2.80. The molecule has 1 aliphatic heterocycles. The zero-order valence-electron chi connectivity index (χ0n) is 17.2. The molecule has 158 valence electrons. The minimum Gasteiger partial charge on any atom is -0.484 e. The number of carbonyl (C=O) groups is 1. The predicted octanol–water partition coefficient (Wildman–Crippen LogP) is 3.91. The van der Waals surface area contributed by atoms with Gasteiger partial charge in [0, 0.05) is 18.8 Å². The highest BCUT2D eigenvalue weighted by atomic mass is 32.2. The van der Waals surface area contributed by atoms with Gasteiger partial charge in [0.25, 0.3) is 5.91 Å². The molecule has 1 aliphatic rings. The number of ether oxygens (including phenoxy) is 1. The number of likely N-dealkylation sites (tertiary alicyclic amines) is 1. The molecule has 3 rings (SSSR count). The van der Waals surface area contributed by atoms with E-state index in [4.69, 9.17) is 10.5 Å². The number of nitrogens with zero attached hydrogens (tertiary/aromatic N) is 3. The number of hydrogen-bond acceptors (Lipinski definition) is 5. The van der Waals surface area contributed by atoms with Gasteiger partial charge >= 0.3 is 0 Å². The summed E-state index contributed by atoms with van der Waals surface area (Å²) in [6.45, 7) is 3.95. The quantitative estimate of drug-likeness (QED) is 0.415. The number of rotatable bonds is 7. The number of thioether (sulfide) groups is 1. The lowest BCUT2D eigenvalue weighted by atomic mass is 9.99. The van der Waals surface area contributed by atoms with Gasteiger partial charge in [-0.2, -0.15) is 5.10 Å². The Morgan fingerprint density at radius 1 is 1.17 bits per heavy atom. The fourth-order valence-corrected chi connectivity index (χ4v) is 3.67. The summed E-state index contributed by atoms with van der Waals surface area (Å²) in [5.74, 6) is 2.16. The predicted molar refractivity (Wildman–Crippen MR) is 124 cm³/mol. The molecule has 0 atom stereocenters. The first kappa shape index (κ1) is 21.9. The van der Waals surface area contributed by atoms with Gasteiger partial charge in [0.05, 0.1) is 6.21 Å². The summed E-state index contributed by atoms with van der Waals surface area (Å²) in [7, 11) is 0. The van der Waals surface area contributed by atoms with E-state index < -0.39 is 0 Å². The fraction of sp³-hybridized carbons (Fsp3) is 0.348. The highest BCUT2D eigenvalue weighted by Gasteiger charge is 2.20. The standard InChI is InChI=1S/C23H28N4O2S/c1-18-11-13-27(14-12-18)22(28)16-29-21-9-7-19(8-10-21)15-25-26-23(24)30-17-20-5-3-2-4-6-20/h2-10,15,18H,11-14,16-17H2,1H3,(H2,24,26). The molecule has 1 amide bonds. The Bertz CT molecular complexity index is 861. The summed E-state index contributed by atoms with van der Waals surface area (Å²) in [5, 5.41) is 8.48. The van der Waals surface area contributed by atoms with Crippen molar-refractivity contribution in [2.45, 2.75) is 25.5 Å². The Balaban J connectivity index is 1.41. The molecule has 0 bridgehead atoms. The maximum absolute atomic E-state index is 12.2. The molecule has 0 radical (unpaired) electrons. The number of carbonyl (C=O) groups excluding carboxylic acids is 1. The molecular weight excluding hydrogens is 396 g/mol. The first-order chi connectivity index (χ1) is 14.6. The minimum absolute atomic E-state index is 0.0466. The molecule has 1 fully saturated rings. The zero-order valence-corrected chi connectivity index (χ0v) is 18.1. The normalized spacial score (nSPS) is 15.5. The molecule has 0 saturated carbocycles. The van der Waals surface area contributed by atoms with E-state index in [1.807, 2.05) is 59.5 Å². The molecule has 0 spiro atoms. The van der Waals surface area contributed by atoms with E-state index in [0.29, 0.717) is 16.8 Å². The van der Waals surface area contributed by atoms with Gasteiger partial charge in [0.15, 0.2) is 11.8 Å². The van der Waals surface area contributed by atoms with Crippen molar-refractivity contribution in [3.63, 3.8) is 0 Å². The summed E-state index contributed by atoms with van der Waals surface area (Å²) in [6.07, 6.45) is 3.77. The smallest absolute Gasteiger partial charge is 0.260 e. The lowest BCUT2D eigenvalue weighted by Gasteiger charge is -2.30. The average molecular weight is 425 g/mol. The van der Waals surface area contributed by atoms with Crippen molar-refractivity contribution in [1.29, 1.82) is 0 Å². The van der Waals surface area contributed by atoms with Crippen LogP contribution in [0.1, 0.15) is 30.9 Å². The zero-order chi connectivity index (χ0) is 21.2. The van der Waals surface area contributed by atoms with E-state index >= 15 is 0 Å². The summed E-state index contributed by atoms with van der Waals surface area (Å²) >= 11 is 1.45. The van der Waals surface area contributed by atoms with Crippen LogP contribution >= 0.6 is 11.8 Å². The van der Waals surface area contributed by atoms with Crippen LogP contribution in [0.3, 0.4) is 0 Å². The third-order valence-corrected chi connectivity index (χ3v) is 5.83. The van der Waals surface area contributed by atoms with Gasteiger partial charge in [-0.1, -0.05) is 49.0 Å². The minimum atomic E-state index is 0.0466. The van der Waals surface area contributed by atoms with Crippen LogP contribution in [0, 0.1) is 5.92 Å². The maximum Gasteiger partial charge on any atom is 0.260 e. The van der Waals surface area contributed by atoms with E-state index in [0.717, 1.165) is 37.2 Å². The number of amidine groups is 1. The van der Waals surface area contributed by atoms with Crippen LogP contribution in [0.5, 0.6) is 5.75 Å². The van der Waals surface area contributed by atoms with Crippen molar-refractivity contribution in [3.8, 4) is 5.75 Å². The van der Waals surface area contributed by atoms with Crippen LogP contribution < -0.4 is 10.5 Å². The Morgan fingerprint density at radius 2 is 1.87 bits per heavy atom. The number of nitrogens with two attached hydrogens (primary N) is 1. The fourth-order valence-electron chi connectivity index (χ4n) is 3.06. The molecule has 30 heavy (non-hydrogen) atoms. The molecule has 2 aromatic carbocycles. The van der Waals surface area contributed by atoms with Crippen molar-refractivity contribution in [1.82, 2.24) is 4.90 Å². The number of benzene rings is 2. The second-order valence-electron chi connectivity index (χ2n) is 7.38. The van der Waals surface area contributed by atoms with Gasteiger partial charge in [-0.3, -0.25) is 4.79 Å². The van der Waals surface area contributed by atoms with Gasteiger partial charge in [-0.25, -0.2) is 0 Å². The first-order valence-electron chi connectivity index (χ1n) is 10.1. The van der Waals surface area contributed by atoms with E-state index in [2.05, 4.69) is 17.1 Å². The van der Waals surface area contributed by atoms with Crippen LogP contribution in [0.25, 0.3) is 0 Å². The average Bonchev–Trinajstić information content (AvgIpc) is 2.78. The van der Waals surface area contributed by atoms with E-state index in [-0.39, 0.29) is 12.5 Å². The van der Waals surface area contributed by atoms with E-state index in [1.54, 1.807) is 6.21 Å². The number of amides is 1. The van der Waals surface area contributed by atoms with Crippen molar-refractivity contribution < 1.29 is 9.53 Å². The number of piperidine rings is 1. The third-order valence-electron chi connectivity index (χ3n) is 4.97. The highest BCUT2D eigenvalue weighted by Crippen LogP contribution is 2.17. The van der Waals surface area contributed by atoms with Gasteiger partial charge in [-0.05, 0) is 54.2 Å². The number of hydrogen-bond donors (Lipinski definition) is 1. The SMILES string of the molecule is CC1CCN(C(=O)COc2ccc(C=NN=C(N)SCc3ccccc3)cc2)CC1. The lowest BCUT2D eigenvalue weighted by Crippen LogP contribution is -2.40. The van der Waals surface area contributed by atoms with Crippen LogP contribution in [-0.2, 0) is 10.5 Å². The third kappa shape index (κ3) is 7.22. The van der Waals surface area contributed by atoms with E-state index in [9.17, 15) is 4.79 Å². The molecule has 0 aromatic heterocycles.